The fraction of sp³-hybridized carbons (Fsp3) is 0.250. The fourth-order valence-corrected chi connectivity index (χ4v) is 0.796. The van der Waals surface area contributed by atoms with Gasteiger partial charge < -0.3 is 5.21 Å². The molecule has 3 nitrogen and oxygen atoms in total. The van der Waals surface area contributed by atoms with Crippen molar-refractivity contribution in [3.8, 4) is 0 Å². The van der Waals surface area contributed by atoms with Crippen LogP contribution in [0.4, 0.5) is 0 Å². The molecular weight excluding hydrogens is 140 g/mol. The number of aryl methyl sites for hydroxylation is 1. The lowest BCUT2D eigenvalue weighted by molar-refractivity contribution is 0.319. The number of aromatic nitrogens is 1. The Hall–Kier alpha value is -1.38. The Morgan fingerprint density at radius 2 is 2.27 bits per heavy atom. The van der Waals surface area contributed by atoms with Crippen molar-refractivity contribution >= 4 is 5.71 Å². The molecule has 1 aromatic heterocycles. The Bertz CT molecular complexity index is 281. The molecule has 0 aliphatic heterocycles. The highest BCUT2D eigenvalue weighted by molar-refractivity contribution is 5.96. The lowest BCUT2D eigenvalue weighted by atomic mass is 10.2. The summed E-state index contributed by atoms with van der Waals surface area (Å²) < 4.78 is 0. The molecule has 0 saturated heterocycles. The van der Waals surface area contributed by atoms with E-state index >= 15 is 0 Å². The van der Waals surface area contributed by atoms with E-state index in [1.807, 2.05) is 25.1 Å². The summed E-state index contributed by atoms with van der Waals surface area (Å²) in [6.07, 6.45) is 0. The summed E-state index contributed by atoms with van der Waals surface area (Å²) in [6.45, 7) is 3.61. The van der Waals surface area contributed by atoms with Crippen LogP contribution in [0.2, 0.25) is 0 Å². The highest BCUT2D eigenvalue weighted by Gasteiger charge is 1.97. The molecule has 0 radical (unpaired) electrons. The average Bonchev–Trinajstić information content (AvgIpc) is 2.03. The quantitative estimate of drug-likeness (QED) is 0.375. The summed E-state index contributed by atoms with van der Waals surface area (Å²) in [5, 5.41) is 11.5. The van der Waals surface area contributed by atoms with Crippen LogP contribution in [-0.2, 0) is 0 Å². The molecule has 0 bridgehead atoms. The Kier molecular flexibility index (Phi) is 2.21. The zero-order chi connectivity index (χ0) is 8.27. The van der Waals surface area contributed by atoms with Gasteiger partial charge in [0.2, 0.25) is 0 Å². The Morgan fingerprint density at radius 1 is 1.55 bits per heavy atom. The maximum absolute atomic E-state index is 8.43. The zero-order valence-corrected chi connectivity index (χ0v) is 6.57. The first-order chi connectivity index (χ1) is 5.24. The van der Waals surface area contributed by atoms with E-state index in [0.717, 1.165) is 5.69 Å². The molecular formula is C8H10N2O. The van der Waals surface area contributed by atoms with E-state index in [4.69, 9.17) is 5.21 Å². The zero-order valence-electron chi connectivity index (χ0n) is 6.57. The summed E-state index contributed by atoms with van der Waals surface area (Å²) in [6, 6.07) is 5.59. The van der Waals surface area contributed by atoms with Gasteiger partial charge in [-0.25, -0.2) is 0 Å². The van der Waals surface area contributed by atoms with Crippen molar-refractivity contribution in [1.29, 1.82) is 0 Å². The number of pyridine rings is 1. The highest BCUT2D eigenvalue weighted by Crippen LogP contribution is 1.98. The van der Waals surface area contributed by atoms with Gasteiger partial charge in [0, 0.05) is 5.69 Å². The molecule has 1 N–H and O–H groups in total. The number of hydrogen-bond donors (Lipinski definition) is 1. The SMILES string of the molecule is CC(=NO)c1cccc(C)n1. The maximum Gasteiger partial charge on any atom is 0.102 e. The van der Waals surface area contributed by atoms with Crippen molar-refractivity contribution in [2.45, 2.75) is 13.8 Å². The largest absolute Gasteiger partial charge is 0.411 e. The van der Waals surface area contributed by atoms with E-state index in [0.29, 0.717) is 11.4 Å². The minimum absolute atomic E-state index is 0.536. The Balaban J connectivity index is 3.06. The minimum Gasteiger partial charge on any atom is -0.411 e. The molecule has 1 aromatic rings. The normalized spacial score (nSPS) is 11.6. The first-order valence-electron chi connectivity index (χ1n) is 3.36. The van der Waals surface area contributed by atoms with Crippen LogP contribution in [0.25, 0.3) is 0 Å². The second-order valence-corrected chi connectivity index (χ2v) is 2.35. The Labute approximate surface area is 65.4 Å². The van der Waals surface area contributed by atoms with Crippen molar-refractivity contribution in [3.05, 3.63) is 29.6 Å². The van der Waals surface area contributed by atoms with Gasteiger partial charge in [-0.15, -0.1) is 0 Å². The molecule has 58 valence electrons. The van der Waals surface area contributed by atoms with E-state index in [1.165, 1.54) is 0 Å². The molecule has 0 fully saturated rings. The summed E-state index contributed by atoms with van der Waals surface area (Å²) >= 11 is 0. The monoisotopic (exact) mass is 150 g/mol. The average molecular weight is 150 g/mol. The van der Waals surface area contributed by atoms with Gasteiger partial charge in [-0.2, -0.15) is 0 Å². The smallest absolute Gasteiger partial charge is 0.102 e. The fourth-order valence-electron chi connectivity index (χ4n) is 0.796. The van der Waals surface area contributed by atoms with Gasteiger partial charge in [0.05, 0.1) is 5.69 Å². The molecule has 1 rings (SSSR count). The van der Waals surface area contributed by atoms with Gasteiger partial charge >= 0.3 is 0 Å². The van der Waals surface area contributed by atoms with Gasteiger partial charge in [0.25, 0.3) is 0 Å². The highest BCUT2D eigenvalue weighted by atomic mass is 16.4. The molecule has 0 aliphatic rings. The second kappa shape index (κ2) is 3.14. The first-order valence-corrected chi connectivity index (χ1v) is 3.36. The van der Waals surface area contributed by atoms with Crippen LogP contribution < -0.4 is 0 Å². The lowest BCUT2D eigenvalue weighted by Gasteiger charge is -1.97. The minimum atomic E-state index is 0.536. The van der Waals surface area contributed by atoms with Crippen LogP contribution in [0, 0.1) is 6.92 Å². The molecule has 0 atom stereocenters. The first kappa shape index (κ1) is 7.72. The van der Waals surface area contributed by atoms with E-state index in [2.05, 4.69) is 10.1 Å². The predicted octanol–water partition coefficient (Wildman–Crippen LogP) is 1.59. The molecule has 0 amide bonds. The topological polar surface area (TPSA) is 45.5 Å². The number of oxime groups is 1. The second-order valence-electron chi connectivity index (χ2n) is 2.35. The molecule has 0 aromatic carbocycles. The van der Waals surface area contributed by atoms with Crippen LogP contribution in [0.15, 0.2) is 23.4 Å². The lowest BCUT2D eigenvalue weighted by Crippen LogP contribution is -1.98. The van der Waals surface area contributed by atoms with Gasteiger partial charge in [-0.3, -0.25) is 4.98 Å². The van der Waals surface area contributed by atoms with Crippen LogP contribution in [-0.4, -0.2) is 15.9 Å². The molecule has 0 unspecified atom stereocenters. The third-order valence-corrected chi connectivity index (χ3v) is 1.41. The molecule has 11 heavy (non-hydrogen) atoms. The van der Waals surface area contributed by atoms with E-state index in [1.54, 1.807) is 6.92 Å². The molecule has 0 aliphatic carbocycles. The van der Waals surface area contributed by atoms with Crippen LogP contribution in [0.1, 0.15) is 18.3 Å². The predicted molar refractivity (Wildman–Crippen MR) is 43.0 cm³/mol. The third kappa shape index (κ3) is 1.77. The molecule has 0 saturated carbocycles. The van der Waals surface area contributed by atoms with Crippen LogP contribution in [0.5, 0.6) is 0 Å². The van der Waals surface area contributed by atoms with Gasteiger partial charge in [0.15, 0.2) is 0 Å². The summed E-state index contributed by atoms with van der Waals surface area (Å²) in [4.78, 5) is 4.15. The Morgan fingerprint density at radius 3 is 2.82 bits per heavy atom. The van der Waals surface area contributed by atoms with Gasteiger partial charge in [-0.1, -0.05) is 11.2 Å². The summed E-state index contributed by atoms with van der Waals surface area (Å²) in [7, 11) is 0. The van der Waals surface area contributed by atoms with E-state index in [-0.39, 0.29) is 0 Å². The number of nitrogens with zero attached hydrogens (tertiary/aromatic N) is 2. The third-order valence-electron chi connectivity index (χ3n) is 1.41. The number of rotatable bonds is 1. The summed E-state index contributed by atoms with van der Waals surface area (Å²) in [5.41, 5.74) is 2.17. The van der Waals surface area contributed by atoms with Crippen molar-refractivity contribution in [1.82, 2.24) is 4.98 Å². The molecule has 1 heterocycles. The van der Waals surface area contributed by atoms with Gasteiger partial charge in [-0.05, 0) is 26.0 Å². The van der Waals surface area contributed by atoms with Gasteiger partial charge in [0.1, 0.15) is 5.71 Å². The van der Waals surface area contributed by atoms with E-state index < -0.39 is 0 Å². The van der Waals surface area contributed by atoms with Crippen LogP contribution >= 0.6 is 0 Å². The molecule has 3 heteroatoms. The standard InChI is InChI=1S/C8H10N2O/c1-6-4-3-5-8(9-6)7(2)10-11/h3-5,11H,1-2H3. The van der Waals surface area contributed by atoms with Crippen LogP contribution in [0.3, 0.4) is 0 Å². The van der Waals surface area contributed by atoms with Crippen molar-refractivity contribution in [2.24, 2.45) is 5.16 Å². The number of hydrogen-bond acceptors (Lipinski definition) is 3. The van der Waals surface area contributed by atoms with Crippen molar-refractivity contribution in [2.75, 3.05) is 0 Å². The van der Waals surface area contributed by atoms with Crippen molar-refractivity contribution < 1.29 is 5.21 Å². The van der Waals surface area contributed by atoms with Crippen molar-refractivity contribution in [3.63, 3.8) is 0 Å². The maximum atomic E-state index is 8.43. The molecule has 0 spiro atoms. The summed E-state index contributed by atoms with van der Waals surface area (Å²) in [5.74, 6) is 0. The van der Waals surface area contributed by atoms with E-state index in [9.17, 15) is 0 Å².